The molecule has 0 unspecified atom stereocenters. The molecule has 174 valence electrons. The Morgan fingerprint density at radius 2 is 0.763 bits per heavy atom. The maximum Gasteiger partial charge on any atom is 0.167 e. The number of nitriles is 3. The smallest absolute Gasteiger partial charge is 0.167 e. The fraction of sp³-hybridized carbons (Fsp3) is 0. The van der Waals surface area contributed by atoms with Crippen molar-refractivity contribution in [2.75, 3.05) is 0 Å². The van der Waals surface area contributed by atoms with Gasteiger partial charge in [-0.2, -0.15) is 15.8 Å². The third kappa shape index (κ3) is 2.76. The van der Waals surface area contributed by atoms with Gasteiger partial charge in [-0.05, 0) is 24.3 Å². The lowest BCUT2D eigenvalue weighted by molar-refractivity contribution is 1.04. The quantitative estimate of drug-likeness (QED) is 0.267. The van der Waals surface area contributed by atoms with E-state index in [9.17, 15) is 15.8 Å². The van der Waals surface area contributed by atoms with Gasteiger partial charge in [0.2, 0.25) is 0 Å². The summed E-state index contributed by atoms with van der Waals surface area (Å²) in [5.74, 6) is 0. The highest BCUT2D eigenvalue weighted by Gasteiger charge is 2.27. The molecule has 7 rings (SSSR count). The van der Waals surface area contributed by atoms with Crippen LogP contribution in [-0.2, 0) is 0 Å². The van der Waals surface area contributed by atoms with Crippen LogP contribution in [-0.4, -0.2) is 14.1 Å². The molecule has 0 atom stereocenters. The molecule has 0 aliphatic heterocycles. The van der Waals surface area contributed by atoms with Crippen molar-refractivity contribution in [2.45, 2.75) is 0 Å². The standard InChI is InChI=1S/C32H16N6/c33-17-24-31(37-27-13-5-1-9-20(27)21-10-2-6-14-28(21)37)25(18-34)36-26(19-35)32(24)38-29-15-7-3-11-22(29)23-12-4-8-16-30(23)38/h1-16H. The van der Waals surface area contributed by atoms with Crippen LogP contribution in [0.3, 0.4) is 0 Å². The van der Waals surface area contributed by atoms with Crippen LogP contribution in [0.5, 0.6) is 0 Å². The van der Waals surface area contributed by atoms with E-state index in [1.54, 1.807) is 0 Å². The van der Waals surface area contributed by atoms with Crippen molar-refractivity contribution in [1.29, 1.82) is 15.8 Å². The zero-order chi connectivity index (χ0) is 25.8. The summed E-state index contributed by atoms with van der Waals surface area (Å²) in [7, 11) is 0. The zero-order valence-electron chi connectivity index (χ0n) is 19.9. The van der Waals surface area contributed by atoms with Crippen molar-refractivity contribution in [3.05, 3.63) is 114 Å². The topological polar surface area (TPSA) is 94.1 Å². The molecule has 0 bridgehead atoms. The number of fused-ring (bicyclic) bond motifs is 6. The molecule has 0 aliphatic rings. The van der Waals surface area contributed by atoms with E-state index in [2.05, 4.69) is 23.2 Å². The van der Waals surface area contributed by atoms with Crippen LogP contribution in [0.4, 0.5) is 0 Å². The van der Waals surface area contributed by atoms with Crippen molar-refractivity contribution < 1.29 is 0 Å². The average molecular weight is 485 g/mol. The molecule has 0 aliphatic carbocycles. The Labute approximate surface area is 217 Å². The molecule has 0 N–H and O–H groups in total. The normalized spacial score (nSPS) is 11.1. The first-order valence-electron chi connectivity index (χ1n) is 12.0. The fourth-order valence-corrected chi connectivity index (χ4v) is 5.59. The minimum Gasteiger partial charge on any atom is -0.305 e. The first-order valence-corrected chi connectivity index (χ1v) is 12.0. The van der Waals surface area contributed by atoms with E-state index < -0.39 is 0 Å². The molecule has 0 saturated carbocycles. The van der Waals surface area contributed by atoms with Crippen molar-refractivity contribution in [2.24, 2.45) is 0 Å². The molecule has 0 spiro atoms. The van der Waals surface area contributed by atoms with Gasteiger partial charge in [0, 0.05) is 21.5 Å². The van der Waals surface area contributed by atoms with Crippen molar-refractivity contribution >= 4 is 43.6 Å². The summed E-state index contributed by atoms with van der Waals surface area (Å²) in [6.45, 7) is 0. The minimum absolute atomic E-state index is 0.0223. The zero-order valence-corrected chi connectivity index (χ0v) is 19.9. The molecule has 0 radical (unpaired) electrons. The molecular formula is C32H16N6. The van der Waals surface area contributed by atoms with Gasteiger partial charge in [0.15, 0.2) is 11.4 Å². The van der Waals surface area contributed by atoms with E-state index in [0.717, 1.165) is 43.6 Å². The Kier molecular flexibility index (Phi) is 4.54. The van der Waals surface area contributed by atoms with Crippen LogP contribution < -0.4 is 0 Å². The summed E-state index contributed by atoms with van der Waals surface area (Å²) in [5.41, 5.74) is 4.38. The van der Waals surface area contributed by atoms with Gasteiger partial charge in [0.1, 0.15) is 35.1 Å². The van der Waals surface area contributed by atoms with Crippen LogP contribution >= 0.6 is 0 Å². The summed E-state index contributed by atoms with van der Waals surface area (Å²) in [5, 5.41) is 35.1. The second kappa shape index (κ2) is 8.07. The summed E-state index contributed by atoms with van der Waals surface area (Å²) in [6.07, 6.45) is 0. The van der Waals surface area contributed by atoms with E-state index in [0.29, 0.717) is 11.4 Å². The summed E-state index contributed by atoms with van der Waals surface area (Å²) in [6, 6.07) is 38.3. The Balaban J connectivity index is 1.73. The highest BCUT2D eigenvalue weighted by atomic mass is 15.1. The van der Waals surface area contributed by atoms with Crippen LogP contribution in [0.15, 0.2) is 97.1 Å². The highest BCUT2D eigenvalue weighted by Crippen LogP contribution is 2.39. The maximum atomic E-state index is 10.7. The molecular weight excluding hydrogens is 468 g/mol. The Bertz CT molecular complexity index is 1970. The van der Waals surface area contributed by atoms with Crippen LogP contribution in [0, 0.1) is 34.0 Å². The number of aromatic nitrogens is 3. The lowest BCUT2D eigenvalue weighted by Crippen LogP contribution is -2.11. The molecule has 0 fully saturated rings. The Morgan fingerprint density at radius 1 is 0.447 bits per heavy atom. The third-order valence-corrected chi connectivity index (χ3v) is 7.08. The monoisotopic (exact) mass is 484 g/mol. The fourth-order valence-electron chi connectivity index (χ4n) is 5.59. The molecule has 7 aromatic rings. The Hall–Kier alpha value is -5.90. The number of rotatable bonds is 2. The Morgan fingerprint density at radius 3 is 1.05 bits per heavy atom. The number of hydrogen-bond donors (Lipinski definition) is 0. The van der Waals surface area contributed by atoms with Gasteiger partial charge in [-0.3, -0.25) is 0 Å². The van der Waals surface area contributed by atoms with Crippen LogP contribution in [0.1, 0.15) is 17.0 Å². The lowest BCUT2D eigenvalue weighted by atomic mass is 10.1. The average Bonchev–Trinajstić information content (AvgIpc) is 3.49. The molecule has 3 heterocycles. The van der Waals surface area contributed by atoms with Gasteiger partial charge >= 0.3 is 0 Å². The van der Waals surface area contributed by atoms with E-state index in [1.807, 2.05) is 106 Å². The molecule has 0 saturated heterocycles. The summed E-state index contributed by atoms with van der Waals surface area (Å²) >= 11 is 0. The lowest BCUT2D eigenvalue weighted by Gasteiger charge is -2.17. The molecule has 0 amide bonds. The largest absolute Gasteiger partial charge is 0.305 e. The van der Waals surface area contributed by atoms with Gasteiger partial charge in [-0.1, -0.05) is 72.8 Å². The van der Waals surface area contributed by atoms with Crippen LogP contribution in [0.2, 0.25) is 0 Å². The first kappa shape index (κ1) is 21.4. The van der Waals surface area contributed by atoms with E-state index in [-0.39, 0.29) is 17.0 Å². The second-order valence-electron chi connectivity index (χ2n) is 8.96. The summed E-state index contributed by atoms with van der Waals surface area (Å²) in [4.78, 5) is 4.54. The predicted octanol–water partition coefficient (Wildman–Crippen LogP) is 6.89. The van der Waals surface area contributed by atoms with Crippen molar-refractivity contribution in [3.8, 4) is 29.6 Å². The predicted molar refractivity (Wildman–Crippen MR) is 147 cm³/mol. The van der Waals surface area contributed by atoms with Gasteiger partial charge in [0.05, 0.1) is 22.1 Å². The maximum absolute atomic E-state index is 10.7. The second-order valence-corrected chi connectivity index (χ2v) is 8.96. The van der Waals surface area contributed by atoms with Crippen LogP contribution in [0.25, 0.3) is 55.0 Å². The van der Waals surface area contributed by atoms with E-state index >= 15 is 0 Å². The SMILES string of the molecule is N#Cc1nc(C#N)c(-n2c3ccccc3c3ccccc32)c(C#N)c1-n1c2ccccc2c2ccccc21. The molecule has 38 heavy (non-hydrogen) atoms. The first-order chi connectivity index (χ1) is 18.8. The van der Waals surface area contributed by atoms with Gasteiger partial charge in [-0.25, -0.2) is 4.98 Å². The summed E-state index contributed by atoms with van der Waals surface area (Å²) < 4.78 is 3.85. The molecule has 4 aromatic carbocycles. The van der Waals surface area contributed by atoms with Gasteiger partial charge < -0.3 is 9.13 Å². The van der Waals surface area contributed by atoms with E-state index in [1.165, 1.54) is 0 Å². The third-order valence-electron chi connectivity index (χ3n) is 7.08. The number of pyridine rings is 1. The number of nitrogens with zero attached hydrogens (tertiary/aromatic N) is 6. The van der Waals surface area contributed by atoms with Gasteiger partial charge in [-0.15, -0.1) is 0 Å². The van der Waals surface area contributed by atoms with Crippen molar-refractivity contribution in [1.82, 2.24) is 14.1 Å². The number of hydrogen-bond acceptors (Lipinski definition) is 4. The van der Waals surface area contributed by atoms with E-state index in [4.69, 9.17) is 0 Å². The number of benzene rings is 4. The highest BCUT2D eigenvalue weighted by molar-refractivity contribution is 6.11. The molecule has 6 heteroatoms. The minimum atomic E-state index is 0.0223. The number of para-hydroxylation sites is 4. The van der Waals surface area contributed by atoms with Crippen molar-refractivity contribution in [3.63, 3.8) is 0 Å². The molecule has 6 nitrogen and oxygen atoms in total. The van der Waals surface area contributed by atoms with Gasteiger partial charge in [0.25, 0.3) is 0 Å². The molecule has 3 aromatic heterocycles.